The first kappa shape index (κ1) is 67.3. The highest BCUT2D eigenvalue weighted by molar-refractivity contribution is 5.71. The number of hydrogen-bond donors (Lipinski definition) is 0. The molecule has 0 spiro atoms. The Morgan fingerprint density at radius 1 is 0.296 bits per heavy atom. The van der Waals surface area contributed by atoms with Crippen molar-refractivity contribution in [1.29, 1.82) is 0 Å². The van der Waals surface area contributed by atoms with E-state index in [0.29, 0.717) is 19.3 Å². The molecule has 0 rings (SSSR count). The Hall–Kier alpha value is -3.67. The van der Waals surface area contributed by atoms with Gasteiger partial charge >= 0.3 is 17.9 Å². The zero-order valence-corrected chi connectivity index (χ0v) is 46.5. The highest BCUT2D eigenvalue weighted by Crippen LogP contribution is 2.15. The lowest BCUT2D eigenvalue weighted by atomic mass is 10.1. The fourth-order valence-corrected chi connectivity index (χ4v) is 8.15. The highest BCUT2D eigenvalue weighted by Gasteiger charge is 2.19. The number of unbranched alkanes of at least 4 members (excludes halogenated alkanes) is 26. The standard InChI is InChI=1S/C65H110O6/c1-4-7-10-13-16-19-22-25-28-31-32-35-37-40-43-46-49-52-55-58-64(67)70-61-62(71-65(68)59-56-53-50-47-44-41-38-34-30-27-24-21-18-15-12-9-6-3)60-69-63(66)57-54-51-48-45-42-39-36-33-29-26-23-20-17-14-11-8-5-2/h8-9,11-12,16-21,25-30,62H,4-7,10,13-15,22-24,31-61H2,1-3H3/b11-8-,12-9-,19-16-,20-17-,21-18-,28-25-,29-26-,30-27-. The summed E-state index contributed by atoms with van der Waals surface area (Å²) in [7, 11) is 0. The van der Waals surface area contributed by atoms with Crippen LogP contribution in [0.3, 0.4) is 0 Å². The van der Waals surface area contributed by atoms with Gasteiger partial charge in [-0.2, -0.15) is 0 Å². The second-order valence-corrected chi connectivity index (χ2v) is 19.5. The van der Waals surface area contributed by atoms with Crippen LogP contribution in [0.4, 0.5) is 0 Å². The molecular formula is C65H110O6. The molecule has 0 saturated heterocycles. The van der Waals surface area contributed by atoms with Crippen molar-refractivity contribution < 1.29 is 28.6 Å². The van der Waals surface area contributed by atoms with E-state index in [4.69, 9.17) is 14.2 Å². The summed E-state index contributed by atoms with van der Waals surface area (Å²) in [5, 5.41) is 0. The first-order chi connectivity index (χ1) is 35.0. The molecule has 0 aliphatic carbocycles. The van der Waals surface area contributed by atoms with Crippen LogP contribution in [0.25, 0.3) is 0 Å². The fraction of sp³-hybridized carbons (Fsp3) is 0.708. The summed E-state index contributed by atoms with van der Waals surface area (Å²) in [4.78, 5) is 38.3. The molecule has 0 radical (unpaired) electrons. The van der Waals surface area contributed by atoms with Gasteiger partial charge in [0.25, 0.3) is 0 Å². The van der Waals surface area contributed by atoms with E-state index in [9.17, 15) is 14.4 Å². The van der Waals surface area contributed by atoms with Gasteiger partial charge in [-0.05, 0) is 116 Å². The van der Waals surface area contributed by atoms with Crippen molar-refractivity contribution >= 4 is 17.9 Å². The third kappa shape index (κ3) is 57.1. The van der Waals surface area contributed by atoms with E-state index in [0.717, 1.165) is 116 Å². The molecule has 0 aliphatic rings. The van der Waals surface area contributed by atoms with Gasteiger partial charge in [0.05, 0.1) is 0 Å². The normalized spacial score (nSPS) is 12.8. The molecule has 0 bridgehead atoms. The maximum Gasteiger partial charge on any atom is 0.306 e. The predicted molar refractivity (Wildman–Crippen MR) is 307 cm³/mol. The van der Waals surface area contributed by atoms with Gasteiger partial charge in [-0.1, -0.05) is 240 Å². The quantitative estimate of drug-likeness (QED) is 0.0261. The average Bonchev–Trinajstić information content (AvgIpc) is 3.37. The highest BCUT2D eigenvalue weighted by atomic mass is 16.6. The van der Waals surface area contributed by atoms with Crippen molar-refractivity contribution in [3.8, 4) is 0 Å². The maximum absolute atomic E-state index is 12.9. The van der Waals surface area contributed by atoms with E-state index in [1.54, 1.807) is 0 Å². The van der Waals surface area contributed by atoms with Crippen molar-refractivity contribution in [2.75, 3.05) is 13.2 Å². The van der Waals surface area contributed by atoms with Gasteiger partial charge in [-0.25, -0.2) is 0 Å². The molecule has 0 aromatic rings. The van der Waals surface area contributed by atoms with Gasteiger partial charge in [0.2, 0.25) is 0 Å². The minimum atomic E-state index is -0.791. The van der Waals surface area contributed by atoms with Crippen LogP contribution in [-0.4, -0.2) is 37.2 Å². The van der Waals surface area contributed by atoms with E-state index in [1.807, 2.05) is 0 Å². The van der Waals surface area contributed by atoms with E-state index < -0.39 is 6.10 Å². The van der Waals surface area contributed by atoms with Crippen LogP contribution in [0.1, 0.15) is 278 Å². The monoisotopic (exact) mass is 987 g/mol. The Morgan fingerprint density at radius 2 is 0.549 bits per heavy atom. The molecular weight excluding hydrogens is 877 g/mol. The van der Waals surface area contributed by atoms with Crippen molar-refractivity contribution in [3.05, 3.63) is 97.2 Å². The molecule has 0 N–H and O–H groups in total. The molecule has 0 heterocycles. The Morgan fingerprint density at radius 3 is 0.859 bits per heavy atom. The minimum Gasteiger partial charge on any atom is -0.462 e. The van der Waals surface area contributed by atoms with Crippen molar-refractivity contribution in [1.82, 2.24) is 0 Å². The van der Waals surface area contributed by atoms with Crippen LogP contribution in [0.15, 0.2) is 97.2 Å². The number of carbonyl (C=O) groups is 3. The predicted octanol–water partition coefficient (Wildman–Crippen LogP) is 20.1. The molecule has 0 saturated carbocycles. The Labute approximate surface area is 438 Å². The number of allylic oxidation sites excluding steroid dienone is 16. The number of ether oxygens (including phenoxy) is 3. The average molecular weight is 988 g/mol. The van der Waals surface area contributed by atoms with Gasteiger partial charge in [0.15, 0.2) is 6.10 Å². The third-order valence-electron chi connectivity index (χ3n) is 12.6. The van der Waals surface area contributed by atoms with E-state index >= 15 is 0 Å². The van der Waals surface area contributed by atoms with Crippen molar-refractivity contribution in [3.63, 3.8) is 0 Å². The summed E-state index contributed by atoms with van der Waals surface area (Å²) < 4.78 is 16.9. The lowest BCUT2D eigenvalue weighted by Crippen LogP contribution is -2.30. The van der Waals surface area contributed by atoms with Crippen molar-refractivity contribution in [2.45, 2.75) is 284 Å². The van der Waals surface area contributed by atoms with Gasteiger partial charge in [0, 0.05) is 19.3 Å². The Kier molecular flexibility index (Phi) is 55.9. The lowest BCUT2D eigenvalue weighted by Gasteiger charge is -2.18. The topological polar surface area (TPSA) is 78.9 Å². The molecule has 1 atom stereocenters. The van der Waals surface area contributed by atoms with E-state index in [2.05, 4.69) is 118 Å². The first-order valence-corrected chi connectivity index (χ1v) is 29.7. The molecule has 1 unspecified atom stereocenters. The molecule has 6 nitrogen and oxygen atoms in total. The first-order valence-electron chi connectivity index (χ1n) is 29.7. The van der Waals surface area contributed by atoms with Gasteiger partial charge in [-0.15, -0.1) is 0 Å². The molecule has 6 heteroatoms. The Balaban J connectivity index is 4.42. The molecule has 71 heavy (non-hydrogen) atoms. The number of hydrogen-bond acceptors (Lipinski definition) is 6. The number of rotatable bonds is 53. The molecule has 0 aromatic heterocycles. The van der Waals surface area contributed by atoms with Crippen LogP contribution >= 0.6 is 0 Å². The smallest absolute Gasteiger partial charge is 0.306 e. The van der Waals surface area contributed by atoms with E-state index in [-0.39, 0.29) is 31.1 Å². The summed E-state index contributed by atoms with van der Waals surface area (Å²) in [5.41, 5.74) is 0. The van der Waals surface area contributed by atoms with Crippen LogP contribution in [-0.2, 0) is 28.6 Å². The molecule has 406 valence electrons. The van der Waals surface area contributed by atoms with Crippen LogP contribution in [0, 0.1) is 0 Å². The summed E-state index contributed by atoms with van der Waals surface area (Å²) in [6, 6.07) is 0. The van der Waals surface area contributed by atoms with E-state index in [1.165, 1.54) is 122 Å². The molecule has 0 aliphatic heterocycles. The summed E-state index contributed by atoms with van der Waals surface area (Å²) >= 11 is 0. The maximum atomic E-state index is 12.9. The van der Waals surface area contributed by atoms with Crippen LogP contribution in [0.2, 0.25) is 0 Å². The summed E-state index contributed by atoms with van der Waals surface area (Å²) in [6.07, 6.45) is 78.2. The third-order valence-corrected chi connectivity index (χ3v) is 12.6. The van der Waals surface area contributed by atoms with Gasteiger partial charge in [-0.3, -0.25) is 14.4 Å². The second kappa shape index (κ2) is 58.9. The largest absolute Gasteiger partial charge is 0.462 e. The zero-order valence-electron chi connectivity index (χ0n) is 46.5. The SMILES string of the molecule is CC/C=C\C/C=C\C/C=C\CCCCCCCCCC(=O)OCC(COC(=O)CCCCCCCCCCC/C=C\C/C=C\CCCCC)OC(=O)CCCCCCCCC/C=C\C/C=C\C/C=C\CC. The number of esters is 3. The minimum absolute atomic E-state index is 0.0872. The van der Waals surface area contributed by atoms with Crippen LogP contribution < -0.4 is 0 Å². The zero-order chi connectivity index (χ0) is 51.4. The van der Waals surface area contributed by atoms with Crippen LogP contribution in [0.5, 0.6) is 0 Å². The molecule has 0 amide bonds. The summed E-state index contributed by atoms with van der Waals surface area (Å²) in [6.45, 7) is 6.39. The Bertz CT molecular complexity index is 1410. The van der Waals surface area contributed by atoms with Gasteiger partial charge in [0.1, 0.15) is 13.2 Å². The second-order valence-electron chi connectivity index (χ2n) is 19.5. The van der Waals surface area contributed by atoms with Gasteiger partial charge < -0.3 is 14.2 Å². The lowest BCUT2D eigenvalue weighted by molar-refractivity contribution is -0.167. The molecule has 0 aromatic carbocycles. The fourth-order valence-electron chi connectivity index (χ4n) is 8.15. The number of carbonyl (C=O) groups excluding carboxylic acids is 3. The molecule has 0 fully saturated rings. The van der Waals surface area contributed by atoms with Crippen molar-refractivity contribution in [2.24, 2.45) is 0 Å². The summed E-state index contributed by atoms with van der Waals surface area (Å²) in [5.74, 6) is -0.905.